The monoisotopic (exact) mass is 338 g/mol. The smallest absolute Gasteiger partial charge is 0.322 e. The predicted molar refractivity (Wildman–Crippen MR) is 84.8 cm³/mol. The Balaban J connectivity index is 2.41. The predicted octanol–water partition coefficient (Wildman–Crippen LogP) is 1.39. The van der Waals surface area contributed by atoms with Crippen LogP contribution in [-0.4, -0.2) is 48.5 Å². The first kappa shape index (κ1) is 17.1. The van der Waals surface area contributed by atoms with Crippen LogP contribution in [0.25, 0.3) is 5.65 Å². The average molecular weight is 338 g/mol. The van der Waals surface area contributed by atoms with Gasteiger partial charge in [-0.25, -0.2) is 9.50 Å². The SMILES string of the molecule is CC(C)C(C)Sc1cc(O)c(C(=O)NCC(=O)O)c2ncnn12. The van der Waals surface area contributed by atoms with Gasteiger partial charge in [-0.1, -0.05) is 20.8 Å². The number of aliphatic carboxylic acids is 1. The van der Waals surface area contributed by atoms with E-state index in [1.165, 1.54) is 28.7 Å². The van der Waals surface area contributed by atoms with Crippen LogP contribution in [-0.2, 0) is 4.79 Å². The average Bonchev–Trinajstić information content (AvgIpc) is 2.93. The van der Waals surface area contributed by atoms with Crippen molar-refractivity contribution in [1.82, 2.24) is 19.9 Å². The molecule has 0 aliphatic heterocycles. The third kappa shape index (κ3) is 3.73. The quantitative estimate of drug-likeness (QED) is 0.681. The molecule has 124 valence electrons. The number of thioether (sulfide) groups is 1. The third-order valence-corrected chi connectivity index (χ3v) is 4.82. The molecule has 0 aliphatic rings. The number of amides is 1. The molecule has 8 nitrogen and oxygen atoms in total. The van der Waals surface area contributed by atoms with Gasteiger partial charge in [-0.15, -0.1) is 11.8 Å². The van der Waals surface area contributed by atoms with Gasteiger partial charge in [0.1, 0.15) is 29.2 Å². The maximum atomic E-state index is 12.1. The van der Waals surface area contributed by atoms with Gasteiger partial charge >= 0.3 is 5.97 Å². The minimum atomic E-state index is -1.17. The molecule has 2 aromatic heterocycles. The fourth-order valence-corrected chi connectivity index (χ4v) is 2.88. The van der Waals surface area contributed by atoms with E-state index in [4.69, 9.17) is 5.11 Å². The molecule has 23 heavy (non-hydrogen) atoms. The van der Waals surface area contributed by atoms with Gasteiger partial charge in [-0.3, -0.25) is 9.59 Å². The maximum absolute atomic E-state index is 12.1. The summed E-state index contributed by atoms with van der Waals surface area (Å²) < 4.78 is 1.47. The normalized spacial score (nSPS) is 12.5. The minimum Gasteiger partial charge on any atom is -0.507 e. The standard InChI is InChI=1S/C14H18N4O4S/c1-7(2)8(3)23-10-4-9(19)12(13-16-6-17-18(10)13)14(22)15-5-11(20)21/h4,6-8,19H,5H2,1-3H3,(H,15,22)(H,20,21). The number of fused-ring (bicyclic) bond motifs is 1. The van der Waals surface area contributed by atoms with Crippen molar-refractivity contribution in [3.63, 3.8) is 0 Å². The van der Waals surface area contributed by atoms with E-state index < -0.39 is 18.4 Å². The molecule has 0 aliphatic carbocycles. The zero-order valence-corrected chi connectivity index (χ0v) is 13.8. The van der Waals surface area contributed by atoms with Crippen molar-refractivity contribution in [2.45, 2.75) is 31.0 Å². The first-order chi connectivity index (χ1) is 10.8. The van der Waals surface area contributed by atoms with Gasteiger partial charge in [0.2, 0.25) is 0 Å². The summed E-state index contributed by atoms with van der Waals surface area (Å²) in [6.45, 7) is 5.69. The Bertz CT molecular complexity index is 744. The van der Waals surface area contributed by atoms with E-state index in [2.05, 4.69) is 36.2 Å². The van der Waals surface area contributed by atoms with E-state index in [9.17, 15) is 14.7 Å². The Morgan fingerprint density at radius 1 is 1.39 bits per heavy atom. The Morgan fingerprint density at radius 2 is 2.09 bits per heavy atom. The molecule has 2 heterocycles. The van der Waals surface area contributed by atoms with Crippen LogP contribution in [0.15, 0.2) is 17.4 Å². The highest BCUT2D eigenvalue weighted by atomic mass is 32.2. The Kier molecular flexibility index (Phi) is 5.09. The minimum absolute atomic E-state index is 0.0923. The van der Waals surface area contributed by atoms with Crippen LogP contribution >= 0.6 is 11.8 Å². The summed E-state index contributed by atoms with van der Waals surface area (Å²) in [5.74, 6) is -1.73. The molecule has 1 unspecified atom stereocenters. The van der Waals surface area contributed by atoms with Gasteiger partial charge in [0.15, 0.2) is 5.65 Å². The van der Waals surface area contributed by atoms with Crippen LogP contribution in [0.3, 0.4) is 0 Å². The summed E-state index contributed by atoms with van der Waals surface area (Å²) >= 11 is 1.51. The van der Waals surface area contributed by atoms with Crippen LogP contribution in [0.5, 0.6) is 5.75 Å². The lowest BCUT2D eigenvalue weighted by molar-refractivity contribution is -0.135. The number of aromatic nitrogens is 3. The van der Waals surface area contributed by atoms with Crippen molar-refractivity contribution in [3.8, 4) is 5.75 Å². The van der Waals surface area contributed by atoms with Crippen LogP contribution < -0.4 is 5.32 Å². The second-order valence-corrected chi connectivity index (χ2v) is 6.78. The second kappa shape index (κ2) is 6.86. The number of nitrogens with zero attached hydrogens (tertiary/aromatic N) is 3. The van der Waals surface area contributed by atoms with E-state index in [1.807, 2.05) is 0 Å². The van der Waals surface area contributed by atoms with E-state index in [1.54, 1.807) is 0 Å². The van der Waals surface area contributed by atoms with Crippen LogP contribution in [0, 0.1) is 5.92 Å². The van der Waals surface area contributed by atoms with Crippen LogP contribution in [0.1, 0.15) is 31.1 Å². The van der Waals surface area contributed by atoms with Crippen molar-refractivity contribution < 1.29 is 19.8 Å². The summed E-state index contributed by atoms with van der Waals surface area (Å²) in [5, 5.41) is 26.1. The highest BCUT2D eigenvalue weighted by Crippen LogP contribution is 2.32. The Labute approximate surface area is 136 Å². The molecule has 1 amide bonds. The molecular weight excluding hydrogens is 320 g/mol. The molecule has 0 aromatic carbocycles. The number of carbonyl (C=O) groups is 2. The van der Waals surface area contributed by atoms with Gasteiger partial charge in [0.05, 0.1) is 0 Å². The largest absolute Gasteiger partial charge is 0.507 e. The van der Waals surface area contributed by atoms with Crippen LogP contribution in [0.2, 0.25) is 0 Å². The van der Waals surface area contributed by atoms with Crippen molar-refractivity contribution in [1.29, 1.82) is 0 Å². The first-order valence-electron chi connectivity index (χ1n) is 7.03. The van der Waals surface area contributed by atoms with E-state index >= 15 is 0 Å². The summed E-state index contributed by atoms with van der Waals surface area (Å²) in [7, 11) is 0. The summed E-state index contributed by atoms with van der Waals surface area (Å²) in [6.07, 6.45) is 1.28. The van der Waals surface area contributed by atoms with Gasteiger partial charge in [0, 0.05) is 11.3 Å². The number of pyridine rings is 1. The van der Waals surface area contributed by atoms with Gasteiger partial charge in [-0.05, 0) is 5.92 Å². The molecule has 0 bridgehead atoms. The molecule has 1 atom stereocenters. The molecule has 0 fully saturated rings. The van der Waals surface area contributed by atoms with Crippen molar-refractivity contribution in [2.75, 3.05) is 6.54 Å². The number of carboxylic acid groups (broad SMARTS) is 1. The number of hydrogen-bond acceptors (Lipinski definition) is 6. The molecule has 2 rings (SSSR count). The Morgan fingerprint density at radius 3 is 2.70 bits per heavy atom. The summed E-state index contributed by atoms with van der Waals surface area (Å²) in [5.41, 5.74) is 0.0941. The van der Waals surface area contributed by atoms with Crippen molar-refractivity contribution >= 4 is 29.3 Å². The summed E-state index contributed by atoms with van der Waals surface area (Å²) in [6, 6.07) is 1.45. The maximum Gasteiger partial charge on any atom is 0.322 e. The van der Waals surface area contributed by atoms with Gasteiger partial charge in [-0.2, -0.15) is 5.10 Å². The molecule has 9 heteroatoms. The molecule has 3 N–H and O–H groups in total. The number of nitrogens with one attached hydrogen (secondary N) is 1. The summed E-state index contributed by atoms with van der Waals surface area (Å²) in [4.78, 5) is 26.7. The lowest BCUT2D eigenvalue weighted by atomic mass is 10.2. The Hall–Kier alpha value is -2.29. The van der Waals surface area contributed by atoms with Crippen LogP contribution in [0.4, 0.5) is 0 Å². The van der Waals surface area contributed by atoms with Crippen molar-refractivity contribution in [2.24, 2.45) is 5.92 Å². The molecular formula is C14H18N4O4S. The highest BCUT2D eigenvalue weighted by molar-refractivity contribution is 7.99. The molecule has 0 saturated carbocycles. The first-order valence-corrected chi connectivity index (χ1v) is 7.91. The highest BCUT2D eigenvalue weighted by Gasteiger charge is 2.22. The number of carbonyl (C=O) groups excluding carboxylic acids is 1. The zero-order valence-electron chi connectivity index (χ0n) is 13.0. The topological polar surface area (TPSA) is 117 Å². The van der Waals surface area contributed by atoms with E-state index in [-0.39, 0.29) is 22.2 Å². The zero-order chi connectivity index (χ0) is 17.1. The number of hydrogen-bond donors (Lipinski definition) is 3. The van der Waals surface area contributed by atoms with E-state index in [0.29, 0.717) is 10.9 Å². The second-order valence-electron chi connectivity index (χ2n) is 5.38. The van der Waals surface area contributed by atoms with Gasteiger partial charge in [0.25, 0.3) is 5.91 Å². The molecule has 2 aromatic rings. The lowest BCUT2D eigenvalue weighted by Gasteiger charge is -2.16. The molecule has 0 saturated heterocycles. The van der Waals surface area contributed by atoms with E-state index in [0.717, 1.165) is 0 Å². The third-order valence-electron chi connectivity index (χ3n) is 3.37. The number of carboxylic acids is 1. The number of aromatic hydroxyl groups is 1. The molecule has 0 spiro atoms. The lowest BCUT2D eigenvalue weighted by Crippen LogP contribution is -2.29. The van der Waals surface area contributed by atoms with Crippen molar-refractivity contribution in [3.05, 3.63) is 18.0 Å². The number of rotatable bonds is 6. The van der Waals surface area contributed by atoms with Gasteiger partial charge < -0.3 is 15.5 Å². The fraction of sp³-hybridized carbons (Fsp3) is 0.429. The molecule has 0 radical (unpaired) electrons. The fourth-order valence-electron chi connectivity index (χ4n) is 1.81.